The number of nitrogens with two attached hydrogens (primary N) is 1. The van der Waals surface area contributed by atoms with E-state index in [1.807, 2.05) is 0 Å². The number of carbonyl (C=O) groups is 1. The van der Waals surface area contributed by atoms with Gasteiger partial charge in [0.2, 0.25) is 0 Å². The Balaban J connectivity index is 2.13. The molecular formula is C10H11FN2O2. The maximum atomic E-state index is 13.0. The zero-order valence-electron chi connectivity index (χ0n) is 8.07. The van der Waals surface area contributed by atoms with Crippen LogP contribution in [0.25, 0.3) is 0 Å². The molecule has 1 aromatic carbocycles. The van der Waals surface area contributed by atoms with Crippen molar-refractivity contribution in [1.29, 1.82) is 0 Å². The Hall–Kier alpha value is -1.78. The third-order valence-corrected chi connectivity index (χ3v) is 2.20. The molecule has 2 N–H and O–H groups in total. The molecule has 80 valence electrons. The van der Waals surface area contributed by atoms with Crippen LogP contribution in [0.3, 0.4) is 0 Å². The predicted octanol–water partition coefficient (Wildman–Crippen LogP) is 1.36. The highest BCUT2D eigenvalue weighted by molar-refractivity contribution is 5.69. The summed E-state index contributed by atoms with van der Waals surface area (Å²) in [6, 6.07) is 4.25. The molecule has 0 spiro atoms. The number of hydrogen-bond acceptors (Lipinski definition) is 3. The van der Waals surface area contributed by atoms with Gasteiger partial charge in [-0.25, -0.2) is 9.18 Å². The molecule has 2 rings (SSSR count). The minimum absolute atomic E-state index is 0.334. The van der Waals surface area contributed by atoms with Crippen molar-refractivity contribution in [2.45, 2.75) is 6.54 Å². The fraction of sp³-hybridized carbons (Fsp3) is 0.300. The number of amides is 1. The van der Waals surface area contributed by atoms with Crippen LogP contribution in [0.4, 0.5) is 14.9 Å². The molecule has 1 aliphatic heterocycles. The number of halogens is 1. The van der Waals surface area contributed by atoms with E-state index in [0.717, 1.165) is 0 Å². The highest BCUT2D eigenvalue weighted by atomic mass is 19.1. The van der Waals surface area contributed by atoms with Gasteiger partial charge in [-0.1, -0.05) is 0 Å². The van der Waals surface area contributed by atoms with E-state index in [-0.39, 0.29) is 6.09 Å². The molecule has 1 aromatic rings. The largest absolute Gasteiger partial charge is 0.448 e. The lowest BCUT2D eigenvalue weighted by molar-refractivity contribution is 0.157. The topological polar surface area (TPSA) is 55.6 Å². The van der Waals surface area contributed by atoms with Gasteiger partial charge in [0, 0.05) is 12.2 Å². The molecule has 0 aliphatic carbocycles. The fourth-order valence-corrected chi connectivity index (χ4v) is 1.56. The molecule has 0 saturated carbocycles. The number of nitrogens with zero attached hydrogens (tertiary/aromatic N) is 1. The summed E-state index contributed by atoms with van der Waals surface area (Å²) in [6.07, 6.45) is -0.363. The van der Waals surface area contributed by atoms with Gasteiger partial charge in [0.15, 0.2) is 0 Å². The van der Waals surface area contributed by atoms with E-state index < -0.39 is 5.82 Å². The Morgan fingerprint density at radius 3 is 2.87 bits per heavy atom. The molecule has 0 aromatic heterocycles. The molecule has 5 heteroatoms. The zero-order valence-corrected chi connectivity index (χ0v) is 8.07. The van der Waals surface area contributed by atoms with Crippen molar-refractivity contribution in [3.05, 3.63) is 29.6 Å². The van der Waals surface area contributed by atoms with E-state index in [4.69, 9.17) is 10.5 Å². The van der Waals surface area contributed by atoms with Crippen LogP contribution in [-0.4, -0.2) is 24.1 Å². The van der Waals surface area contributed by atoms with Crippen molar-refractivity contribution in [3.8, 4) is 0 Å². The van der Waals surface area contributed by atoms with Crippen LogP contribution in [0.5, 0.6) is 0 Å². The summed E-state index contributed by atoms with van der Waals surface area (Å²) in [4.78, 5) is 12.6. The third-order valence-electron chi connectivity index (χ3n) is 2.20. The molecule has 1 aliphatic rings. The Morgan fingerprint density at radius 1 is 1.47 bits per heavy atom. The van der Waals surface area contributed by atoms with Gasteiger partial charge in [-0.2, -0.15) is 0 Å². The second kappa shape index (κ2) is 3.76. The van der Waals surface area contributed by atoms with Gasteiger partial charge in [-0.3, -0.25) is 0 Å². The van der Waals surface area contributed by atoms with E-state index in [1.165, 1.54) is 17.0 Å². The van der Waals surface area contributed by atoms with E-state index >= 15 is 0 Å². The second-order valence-corrected chi connectivity index (χ2v) is 3.43. The second-order valence-electron chi connectivity index (χ2n) is 3.43. The lowest BCUT2D eigenvalue weighted by atomic mass is 10.2. The molecule has 0 unspecified atom stereocenters. The number of rotatable bonds is 2. The lowest BCUT2D eigenvalue weighted by Gasteiger charge is -2.12. The van der Waals surface area contributed by atoms with Crippen LogP contribution >= 0.6 is 0 Å². The van der Waals surface area contributed by atoms with E-state index in [9.17, 15) is 9.18 Å². The lowest BCUT2D eigenvalue weighted by Crippen LogP contribution is -2.23. The van der Waals surface area contributed by atoms with Crippen molar-refractivity contribution < 1.29 is 13.9 Å². The molecule has 1 heterocycles. The van der Waals surface area contributed by atoms with Crippen LogP contribution in [-0.2, 0) is 11.3 Å². The summed E-state index contributed by atoms with van der Waals surface area (Å²) in [5.41, 5.74) is 6.53. The van der Waals surface area contributed by atoms with Crippen LogP contribution in [0.15, 0.2) is 18.2 Å². The highest BCUT2D eigenvalue weighted by Crippen LogP contribution is 2.15. The molecule has 0 bridgehead atoms. The Morgan fingerprint density at radius 2 is 2.27 bits per heavy atom. The van der Waals surface area contributed by atoms with Gasteiger partial charge in [-0.15, -0.1) is 0 Å². The smallest absolute Gasteiger partial charge is 0.410 e. The first-order chi connectivity index (χ1) is 7.15. The van der Waals surface area contributed by atoms with Gasteiger partial charge in [0.05, 0.1) is 6.54 Å². The number of cyclic esters (lactones) is 1. The van der Waals surface area contributed by atoms with Gasteiger partial charge in [-0.05, 0) is 23.8 Å². The van der Waals surface area contributed by atoms with Crippen molar-refractivity contribution in [1.82, 2.24) is 4.90 Å². The van der Waals surface area contributed by atoms with Crippen molar-refractivity contribution in [2.24, 2.45) is 0 Å². The van der Waals surface area contributed by atoms with Gasteiger partial charge >= 0.3 is 6.09 Å². The summed E-state index contributed by atoms with van der Waals surface area (Å²) in [6.45, 7) is 1.26. The monoisotopic (exact) mass is 210 g/mol. The fourth-order valence-electron chi connectivity index (χ4n) is 1.56. The minimum atomic E-state index is -0.391. The summed E-state index contributed by atoms with van der Waals surface area (Å²) < 4.78 is 17.7. The average molecular weight is 210 g/mol. The Kier molecular flexibility index (Phi) is 2.45. The number of anilines is 1. The predicted molar refractivity (Wildman–Crippen MR) is 52.6 cm³/mol. The molecule has 0 radical (unpaired) electrons. The van der Waals surface area contributed by atoms with Crippen LogP contribution in [0.1, 0.15) is 5.56 Å². The maximum absolute atomic E-state index is 13.0. The maximum Gasteiger partial charge on any atom is 0.410 e. The SMILES string of the molecule is Nc1cc(F)cc(CN2CCOC2=O)c1. The third kappa shape index (κ3) is 2.18. The first-order valence-corrected chi connectivity index (χ1v) is 4.62. The number of carbonyl (C=O) groups excluding carboxylic acids is 1. The average Bonchev–Trinajstić information content (AvgIpc) is 2.50. The molecular weight excluding hydrogens is 199 g/mol. The van der Waals surface area contributed by atoms with Crippen molar-refractivity contribution >= 4 is 11.8 Å². The number of nitrogen functional groups attached to an aromatic ring is 1. The van der Waals surface area contributed by atoms with Gasteiger partial charge in [0.25, 0.3) is 0 Å². The van der Waals surface area contributed by atoms with Crippen LogP contribution in [0.2, 0.25) is 0 Å². The van der Waals surface area contributed by atoms with E-state index in [2.05, 4.69) is 0 Å². The minimum Gasteiger partial charge on any atom is -0.448 e. The normalized spacial score (nSPS) is 15.5. The summed E-state index contributed by atoms with van der Waals surface area (Å²) >= 11 is 0. The Labute approximate surface area is 86.4 Å². The van der Waals surface area contributed by atoms with Crippen LogP contribution in [0, 0.1) is 5.82 Å². The standard InChI is InChI=1S/C10H11FN2O2/c11-8-3-7(4-9(12)5-8)6-13-1-2-15-10(13)14/h3-5H,1-2,6,12H2. The zero-order chi connectivity index (χ0) is 10.8. The summed E-state index contributed by atoms with van der Waals surface area (Å²) in [7, 11) is 0. The molecule has 1 amide bonds. The molecule has 4 nitrogen and oxygen atoms in total. The first kappa shape index (κ1) is 9.76. The number of ether oxygens (including phenoxy) is 1. The van der Waals surface area contributed by atoms with Crippen molar-refractivity contribution in [2.75, 3.05) is 18.9 Å². The molecule has 15 heavy (non-hydrogen) atoms. The van der Waals surface area contributed by atoms with Crippen molar-refractivity contribution in [3.63, 3.8) is 0 Å². The molecule has 1 fully saturated rings. The first-order valence-electron chi connectivity index (χ1n) is 4.62. The Bertz CT molecular complexity index is 375. The van der Waals surface area contributed by atoms with E-state index in [1.54, 1.807) is 6.07 Å². The summed E-state index contributed by atoms with van der Waals surface area (Å²) in [5, 5.41) is 0. The number of benzene rings is 1. The highest BCUT2D eigenvalue weighted by Gasteiger charge is 2.21. The van der Waals surface area contributed by atoms with Gasteiger partial charge < -0.3 is 15.4 Å². The quantitative estimate of drug-likeness (QED) is 0.750. The summed E-state index contributed by atoms with van der Waals surface area (Å²) in [5.74, 6) is -0.391. The number of hydrogen-bond donors (Lipinski definition) is 1. The van der Waals surface area contributed by atoms with Gasteiger partial charge in [0.1, 0.15) is 12.4 Å². The molecule has 1 saturated heterocycles. The van der Waals surface area contributed by atoms with Crippen LogP contribution < -0.4 is 5.73 Å². The molecule has 0 atom stereocenters. The van der Waals surface area contributed by atoms with E-state index in [0.29, 0.717) is 30.9 Å².